The molecule has 140 valence electrons. The fourth-order valence-corrected chi connectivity index (χ4v) is 2.31. The van der Waals surface area contributed by atoms with Crippen LogP contribution in [0, 0.1) is 5.92 Å². The lowest BCUT2D eigenvalue weighted by Crippen LogP contribution is -2.34. The molecule has 0 saturated carbocycles. The van der Waals surface area contributed by atoms with Crippen LogP contribution in [0.25, 0.3) is 5.69 Å². The number of nitrogens with zero attached hydrogens (tertiary/aromatic N) is 3. The minimum Gasteiger partial charge on any atom is -0.487 e. The van der Waals surface area contributed by atoms with Crippen LogP contribution in [0.15, 0.2) is 36.5 Å². The first kappa shape index (κ1) is 19.5. The molecule has 0 radical (unpaired) electrons. The van der Waals surface area contributed by atoms with Gasteiger partial charge in [-0.05, 0) is 12.1 Å². The molecule has 0 bridgehead atoms. The number of aliphatic carboxylic acids is 1. The number of benzene rings is 1. The van der Waals surface area contributed by atoms with Gasteiger partial charge in [-0.25, -0.2) is 4.68 Å². The van der Waals surface area contributed by atoms with E-state index >= 15 is 0 Å². The number of carbonyl (C=O) groups is 2. The molecule has 2 aromatic rings. The molecule has 1 N–H and O–H groups in total. The topological polar surface area (TPSA) is 93.9 Å². The molecule has 0 fully saturated rings. The average molecular weight is 361 g/mol. The summed E-state index contributed by atoms with van der Waals surface area (Å²) in [5, 5.41) is 13.4. The Kier molecular flexibility index (Phi) is 6.74. The Morgan fingerprint density at radius 2 is 1.96 bits per heavy atom. The highest BCUT2D eigenvalue weighted by Gasteiger charge is 2.24. The fourth-order valence-electron chi connectivity index (χ4n) is 2.31. The minimum atomic E-state index is -0.962. The van der Waals surface area contributed by atoms with Gasteiger partial charge in [-0.15, -0.1) is 0 Å². The van der Waals surface area contributed by atoms with E-state index in [1.54, 1.807) is 32.0 Å². The first-order valence-electron chi connectivity index (χ1n) is 8.19. The Morgan fingerprint density at radius 1 is 1.27 bits per heavy atom. The summed E-state index contributed by atoms with van der Waals surface area (Å²) in [4.78, 5) is 25.1. The van der Waals surface area contributed by atoms with Gasteiger partial charge in [0.25, 0.3) is 5.91 Å². The summed E-state index contributed by atoms with van der Waals surface area (Å²) in [6.45, 7) is 2.26. The predicted octanol–water partition coefficient (Wildman–Crippen LogP) is 1.69. The molecule has 1 unspecified atom stereocenters. The molecule has 1 atom stereocenters. The van der Waals surface area contributed by atoms with Crippen LogP contribution in [-0.4, -0.2) is 65.6 Å². The normalized spacial score (nSPS) is 11.8. The Balaban J connectivity index is 2.27. The molecule has 1 aromatic heterocycles. The average Bonchev–Trinajstić information content (AvgIpc) is 3.06. The zero-order chi connectivity index (χ0) is 19.1. The number of amides is 1. The zero-order valence-corrected chi connectivity index (χ0v) is 15.1. The van der Waals surface area contributed by atoms with Crippen molar-refractivity contribution in [3.63, 3.8) is 0 Å². The molecule has 8 heteroatoms. The second kappa shape index (κ2) is 9.00. The maximum absolute atomic E-state index is 12.7. The maximum Gasteiger partial charge on any atom is 0.308 e. The summed E-state index contributed by atoms with van der Waals surface area (Å²) in [5.74, 6) is -1.72. The van der Waals surface area contributed by atoms with Crippen molar-refractivity contribution in [3.05, 3.63) is 42.2 Å². The van der Waals surface area contributed by atoms with Gasteiger partial charge in [-0.1, -0.05) is 25.1 Å². The van der Waals surface area contributed by atoms with Gasteiger partial charge in [0.2, 0.25) is 0 Å². The summed E-state index contributed by atoms with van der Waals surface area (Å²) >= 11 is 0. The van der Waals surface area contributed by atoms with Gasteiger partial charge < -0.3 is 19.5 Å². The number of rotatable bonds is 9. The van der Waals surface area contributed by atoms with E-state index in [1.807, 2.05) is 30.3 Å². The Bertz CT molecular complexity index is 745. The van der Waals surface area contributed by atoms with E-state index in [9.17, 15) is 9.59 Å². The van der Waals surface area contributed by atoms with Crippen molar-refractivity contribution < 1.29 is 24.2 Å². The van der Waals surface area contributed by atoms with Gasteiger partial charge in [-0.3, -0.25) is 9.59 Å². The standard InChI is InChI=1S/C18H23N3O5/c1-13(18(23)24)11-20(2)17(22)16-15(26-10-9-25-3)12-21(19-16)14-7-5-4-6-8-14/h4-8,12-13H,9-11H2,1-3H3,(H,23,24). The zero-order valence-electron chi connectivity index (χ0n) is 15.1. The number of hydrogen-bond acceptors (Lipinski definition) is 5. The number of aromatic nitrogens is 2. The molecule has 0 saturated heterocycles. The molecule has 0 aliphatic rings. The van der Waals surface area contributed by atoms with Crippen LogP contribution in [0.1, 0.15) is 17.4 Å². The number of hydrogen-bond donors (Lipinski definition) is 1. The Labute approximate surface area is 151 Å². The number of carbonyl (C=O) groups excluding carboxylic acids is 1. The van der Waals surface area contributed by atoms with Crippen molar-refractivity contribution in [3.8, 4) is 11.4 Å². The fraction of sp³-hybridized carbons (Fsp3) is 0.389. The third-order valence-electron chi connectivity index (χ3n) is 3.76. The third-order valence-corrected chi connectivity index (χ3v) is 3.76. The summed E-state index contributed by atoms with van der Waals surface area (Å²) in [7, 11) is 3.10. The lowest BCUT2D eigenvalue weighted by atomic mass is 10.1. The van der Waals surface area contributed by atoms with E-state index in [1.165, 1.54) is 4.90 Å². The molecule has 0 spiro atoms. The molecule has 1 heterocycles. The highest BCUT2D eigenvalue weighted by Crippen LogP contribution is 2.21. The second-order valence-corrected chi connectivity index (χ2v) is 5.89. The number of ether oxygens (including phenoxy) is 2. The van der Waals surface area contributed by atoms with Crippen LogP contribution in [0.5, 0.6) is 5.75 Å². The van der Waals surface area contributed by atoms with Crippen molar-refractivity contribution in [2.75, 3.05) is 33.9 Å². The predicted molar refractivity (Wildman–Crippen MR) is 94.7 cm³/mol. The molecule has 2 rings (SSSR count). The van der Waals surface area contributed by atoms with Crippen molar-refractivity contribution in [2.24, 2.45) is 5.92 Å². The molecule has 0 aliphatic carbocycles. The van der Waals surface area contributed by atoms with E-state index in [0.29, 0.717) is 12.4 Å². The van der Waals surface area contributed by atoms with Crippen LogP contribution < -0.4 is 4.74 Å². The van der Waals surface area contributed by atoms with Gasteiger partial charge >= 0.3 is 5.97 Å². The number of carboxylic acids is 1. The monoisotopic (exact) mass is 361 g/mol. The second-order valence-electron chi connectivity index (χ2n) is 5.89. The largest absolute Gasteiger partial charge is 0.487 e. The van der Waals surface area contributed by atoms with Crippen LogP contribution in [0.4, 0.5) is 0 Å². The van der Waals surface area contributed by atoms with Crippen molar-refractivity contribution in [1.82, 2.24) is 14.7 Å². The summed E-state index contributed by atoms with van der Waals surface area (Å²) in [6.07, 6.45) is 1.63. The van der Waals surface area contributed by atoms with E-state index in [2.05, 4.69) is 5.10 Å². The van der Waals surface area contributed by atoms with Crippen LogP contribution in [-0.2, 0) is 9.53 Å². The number of para-hydroxylation sites is 1. The minimum absolute atomic E-state index is 0.0733. The summed E-state index contributed by atoms with van der Waals surface area (Å²) < 4.78 is 12.2. The van der Waals surface area contributed by atoms with Gasteiger partial charge in [-0.2, -0.15) is 5.10 Å². The van der Waals surface area contributed by atoms with Gasteiger partial charge in [0.15, 0.2) is 11.4 Å². The van der Waals surface area contributed by atoms with Gasteiger partial charge in [0.1, 0.15) is 6.61 Å². The van der Waals surface area contributed by atoms with Crippen molar-refractivity contribution in [2.45, 2.75) is 6.92 Å². The quantitative estimate of drug-likeness (QED) is 0.683. The SMILES string of the molecule is COCCOc1cn(-c2ccccc2)nc1C(=O)N(C)CC(C)C(=O)O. The van der Waals surface area contributed by atoms with Gasteiger partial charge in [0, 0.05) is 20.7 Å². The lowest BCUT2D eigenvalue weighted by Gasteiger charge is -2.18. The van der Waals surface area contributed by atoms with E-state index in [0.717, 1.165) is 5.69 Å². The van der Waals surface area contributed by atoms with Crippen LogP contribution in [0.2, 0.25) is 0 Å². The number of carboxylic acid groups (broad SMARTS) is 1. The van der Waals surface area contributed by atoms with Crippen molar-refractivity contribution >= 4 is 11.9 Å². The third kappa shape index (κ3) is 4.82. The Morgan fingerprint density at radius 3 is 2.58 bits per heavy atom. The van der Waals surface area contributed by atoms with E-state index < -0.39 is 17.8 Å². The van der Waals surface area contributed by atoms with E-state index in [-0.39, 0.29) is 18.8 Å². The van der Waals surface area contributed by atoms with Gasteiger partial charge in [0.05, 0.1) is 24.4 Å². The summed E-state index contributed by atoms with van der Waals surface area (Å²) in [6, 6.07) is 9.33. The first-order valence-corrected chi connectivity index (χ1v) is 8.19. The van der Waals surface area contributed by atoms with Crippen molar-refractivity contribution in [1.29, 1.82) is 0 Å². The Hall–Kier alpha value is -2.87. The molecular weight excluding hydrogens is 338 g/mol. The molecule has 26 heavy (non-hydrogen) atoms. The molecule has 1 amide bonds. The lowest BCUT2D eigenvalue weighted by molar-refractivity contribution is -0.141. The van der Waals surface area contributed by atoms with E-state index in [4.69, 9.17) is 14.6 Å². The molecule has 8 nitrogen and oxygen atoms in total. The highest BCUT2D eigenvalue weighted by atomic mass is 16.5. The highest BCUT2D eigenvalue weighted by molar-refractivity contribution is 5.95. The first-order chi connectivity index (χ1) is 12.4. The van der Waals surface area contributed by atoms with Crippen LogP contribution in [0.3, 0.4) is 0 Å². The number of methoxy groups -OCH3 is 1. The summed E-state index contributed by atoms with van der Waals surface area (Å²) in [5.41, 5.74) is 0.912. The smallest absolute Gasteiger partial charge is 0.308 e. The maximum atomic E-state index is 12.7. The molecule has 1 aromatic carbocycles. The molecular formula is C18H23N3O5. The van der Waals surface area contributed by atoms with Crippen LogP contribution >= 0.6 is 0 Å². The molecule has 0 aliphatic heterocycles.